The number of carbonyl (C=O) groups excluding carboxylic acids is 2. The molecule has 0 unspecified atom stereocenters. The first kappa shape index (κ1) is 20.3. The Morgan fingerprint density at radius 3 is 2.00 bits per heavy atom. The van der Waals surface area contributed by atoms with E-state index in [-0.39, 0.29) is 35.5 Å². The molecular formula is C32H19NO2S2. The largest absolute Gasteiger partial charge is 0.274 e. The highest BCUT2D eigenvalue weighted by Crippen LogP contribution is 2.65. The molecule has 3 heterocycles. The zero-order valence-electron chi connectivity index (χ0n) is 19.5. The van der Waals surface area contributed by atoms with E-state index in [4.69, 9.17) is 0 Å². The van der Waals surface area contributed by atoms with Crippen LogP contribution in [-0.2, 0) is 9.59 Å². The first-order valence-corrected chi connectivity index (χ1v) is 14.2. The van der Waals surface area contributed by atoms with E-state index in [1.165, 1.54) is 56.7 Å². The van der Waals surface area contributed by atoms with Gasteiger partial charge in [0.1, 0.15) is 0 Å². The second kappa shape index (κ2) is 6.94. The van der Waals surface area contributed by atoms with Gasteiger partial charge in [-0.25, -0.2) is 4.90 Å². The fourth-order valence-electron chi connectivity index (χ4n) is 7.19. The lowest BCUT2D eigenvalue weighted by atomic mass is 9.57. The average Bonchev–Trinajstić information content (AvgIpc) is 3.56. The van der Waals surface area contributed by atoms with Gasteiger partial charge in [-0.15, -0.1) is 22.7 Å². The summed E-state index contributed by atoms with van der Waals surface area (Å²) in [5.74, 6) is -0.984. The van der Waals surface area contributed by atoms with Gasteiger partial charge in [0.15, 0.2) is 0 Å². The lowest BCUT2D eigenvalue weighted by Crippen LogP contribution is -2.40. The fraction of sp³-hybridized carbons (Fsp3) is 0.125. The van der Waals surface area contributed by atoms with Gasteiger partial charge in [-0.3, -0.25) is 9.59 Å². The average molecular weight is 514 g/mol. The molecule has 4 aromatic carbocycles. The Balaban J connectivity index is 1.32. The molecule has 4 atom stereocenters. The van der Waals surface area contributed by atoms with Crippen LogP contribution >= 0.6 is 22.7 Å². The van der Waals surface area contributed by atoms with Crippen LogP contribution in [0.15, 0.2) is 91.0 Å². The number of rotatable bonds is 1. The van der Waals surface area contributed by atoms with Crippen molar-refractivity contribution in [3.8, 4) is 0 Å². The molecule has 4 aliphatic rings. The highest BCUT2D eigenvalue weighted by Gasteiger charge is 2.63. The van der Waals surface area contributed by atoms with Crippen molar-refractivity contribution in [3.05, 3.63) is 113 Å². The minimum Gasteiger partial charge on any atom is -0.274 e. The lowest BCUT2D eigenvalue weighted by Gasteiger charge is -2.44. The maximum absolute atomic E-state index is 14.1. The van der Waals surface area contributed by atoms with Crippen molar-refractivity contribution < 1.29 is 9.59 Å². The summed E-state index contributed by atoms with van der Waals surface area (Å²) in [6.45, 7) is 0. The van der Waals surface area contributed by atoms with Crippen LogP contribution in [0.25, 0.3) is 30.3 Å². The quantitative estimate of drug-likeness (QED) is 0.212. The molecule has 1 fully saturated rings. The normalized spacial score (nSPS) is 23.7. The minimum absolute atomic E-state index is 0.0519. The molecule has 3 aliphatic carbocycles. The van der Waals surface area contributed by atoms with Gasteiger partial charge >= 0.3 is 0 Å². The molecule has 176 valence electrons. The number of fused-ring (bicyclic) bond motifs is 4. The van der Waals surface area contributed by atoms with Gasteiger partial charge in [0.05, 0.1) is 26.9 Å². The molecule has 2 aromatic heterocycles. The molecule has 0 radical (unpaired) electrons. The van der Waals surface area contributed by atoms with Crippen LogP contribution in [0.4, 0.5) is 5.69 Å². The van der Waals surface area contributed by atoms with E-state index in [1.807, 2.05) is 53.0 Å². The SMILES string of the molecule is O=C1[C@@H]2[C@H]3c4ccccc4[C@H](c4sc5c(sc6cc7ccccc7cc65)c43)[C@@H]2C(=O)N1c1ccccc1. The maximum atomic E-state index is 14.1. The Kier molecular flexibility index (Phi) is 3.80. The van der Waals surface area contributed by atoms with Crippen molar-refractivity contribution in [3.63, 3.8) is 0 Å². The summed E-state index contributed by atoms with van der Waals surface area (Å²) in [4.78, 5) is 30.8. The number of imide groups is 1. The van der Waals surface area contributed by atoms with E-state index in [2.05, 4.69) is 60.7 Å². The van der Waals surface area contributed by atoms with Crippen LogP contribution < -0.4 is 4.90 Å². The van der Waals surface area contributed by atoms with Gasteiger partial charge in [0, 0.05) is 26.8 Å². The standard InChI is InChI=1S/C32H19NO2S2/c34-31-25-23-19-12-6-7-13-20(19)24(26(25)32(35)33(31)18-10-2-1-3-11-18)29-27(23)30-28(37-29)21-14-16-8-4-5-9-17(16)15-22(21)36-30/h1-15,23-26H/t23-,24+,25-,26+/m1/s1. The minimum atomic E-state index is -0.359. The highest BCUT2D eigenvalue weighted by molar-refractivity contribution is 7.33. The van der Waals surface area contributed by atoms with Crippen molar-refractivity contribution >= 4 is 70.4 Å². The number of para-hydroxylation sites is 1. The van der Waals surface area contributed by atoms with Gasteiger partial charge in [-0.05, 0) is 51.7 Å². The van der Waals surface area contributed by atoms with Gasteiger partial charge < -0.3 is 0 Å². The molecular weight excluding hydrogens is 494 g/mol. The summed E-state index contributed by atoms with van der Waals surface area (Å²) < 4.78 is 3.89. The summed E-state index contributed by atoms with van der Waals surface area (Å²) in [6.07, 6.45) is 0. The maximum Gasteiger partial charge on any atom is 0.238 e. The second-order valence-corrected chi connectivity index (χ2v) is 12.4. The number of thiophene rings is 2. The van der Waals surface area contributed by atoms with E-state index in [9.17, 15) is 9.59 Å². The zero-order valence-corrected chi connectivity index (χ0v) is 21.2. The van der Waals surface area contributed by atoms with Gasteiger partial charge in [0.2, 0.25) is 11.8 Å². The molecule has 5 heteroatoms. The third kappa shape index (κ3) is 2.42. The molecule has 37 heavy (non-hydrogen) atoms. The van der Waals surface area contributed by atoms with Crippen molar-refractivity contribution in [2.75, 3.05) is 4.90 Å². The van der Waals surface area contributed by atoms with Crippen molar-refractivity contribution in [2.45, 2.75) is 11.8 Å². The predicted octanol–water partition coefficient (Wildman–Crippen LogP) is 7.67. The second-order valence-electron chi connectivity index (χ2n) is 10.3. The molecule has 1 saturated heterocycles. The summed E-state index contributed by atoms with van der Waals surface area (Å²) in [6, 6.07) is 31.1. The molecule has 2 bridgehead atoms. The number of hydrogen-bond donors (Lipinski definition) is 0. The molecule has 3 nitrogen and oxygen atoms in total. The van der Waals surface area contributed by atoms with Crippen LogP contribution in [0.2, 0.25) is 0 Å². The number of nitrogens with zero attached hydrogens (tertiary/aromatic N) is 1. The Morgan fingerprint density at radius 1 is 0.622 bits per heavy atom. The number of anilines is 1. The van der Waals surface area contributed by atoms with Gasteiger partial charge in [-0.1, -0.05) is 66.7 Å². The summed E-state index contributed by atoms with van der Waals surface area (Å²) in [5.41, 5.74) is 4.42. The smallest absolute Gasteiger partial charge is 0.238 e. The van der Waals surface area contributed by atoms with Crippen LogP contribution in [0.1, 0.15) is 33.4 Å². The van der Waals surface area contributed by atoms with Crippen LogP contribution in [-0.4, -0.2) is 11.8 Å². The third-order valence-electron chi connectivity index (χ3n) is 8.62. The zero-order chi connectivity index (χ0) is 24.4. The number of hydrogen-bond acceptors (Lipinski definition) is 4. The molecule has 1 aliphatic heterocycles. The van der Waals surface area contributed by atoms with E-state index >= 15 is 0 Å². The summed E-state index contributed by atoms with van der Waals surface area (Å²) >= 11 is 3.69. The van der Waals surface area contributed by atoms with Crippen molar-refractivity contribution in [2.24, 2.45) is 11.8 Å². The molecule has 0 N–H and O–H groups in total. The fourth-order valence-corrected chi connectivity index (χ4v) is 10.2. The van der Waals surface area contributed by atoms with Crippen molar-refractivity contribution in [1.29, 1.82) is 0 Å². The topological polar surface area (TPSA) is 37.4 Å². The Bertz CT molecular complexity index is 1970. The van der Waals surface area contributed by atoms with Crippen molar-refractivity contribution in [1.82, 2.24) is 0 Å². The van der Waals surface area contributed by atoms with Crippen LogP contribution in [0.5, 0.6) is 0 Å². The number of amides is 2. The first-order chi connectivity index (χ1) is 18.2. The van der Waals surface area contributed by atoms with E-state index in [0.717, 1.165) is 0 Å². The molecule has 2 amide bonds. The Labute approximate surface area is 220 Å². The van der Waals surface area contributed by atoms with Crippen LogP contribution in [0.3, 0.4) is 0 Å². The number of carbonyl (C=O) groups is 2. The Morgan fingerprint density at radius 2 is 1.24 bits per heavy atom. The lowest BCUT2D eigenvalue weighted by molar-refractivity contribution is -0.122. The monoisotopic (exact) mass is 513 g/mol. The summed E-state index contributed by atoms with van der Waals surface area (Å²) in [7, 11) is 0. The first-order valence-electron chi connectivity index (χ1n) is 12.6. The van der Waals surface area contributed by atoms with Gasteiger partial charge in [0.25, 0.3) is 0 Å². The Hall–Kier alpha value is -3.80. The van der Waals surface area contributed by atoms with E-state index < -0.39 is 0 Å². The van der Waals surface area contributed by atoms with Crippen LogP contribution in [0, 0.1) is 11.8 Å². The number of benzene rings is 4. The molecule has 10 rings (SSSR count). The van der Waals surface area contributed by atoms with Gasteiger partial charge in [-0.2, -0.15) is 0 Å². The van der Waals surface area contributed by atoms with E-state index in [1.54, 1.807) is 0 Å². The third-order valence-corrected chi connectivity index (χ3v) is 11.3. The molecule has 0 spiro atoms. The molecule has 6 aromatic rings. The van der Waals surface area contributed by atoms with E-state index in [0.29, 0.717) is 5.69 Å². The molecule has 0 saturated carbocycles. The highest BCUT2D eigenvalue weighted by atomic mass is 32.1. The predicted molar refractivity (Wildman–Crippen MR) is 151 cm³/mol. The summed E-state index contributed by atoms with van der Waals surface area (Å²) in [5, 5.41) is 3.78.